The summed E-state index contributed by atoms with van der Waals surface area (Å²) in [7, 11) is -3.67. The minimum Gasteiger partial charge on any atom is -0.490 e. The van der Waals surface area contributed by atoms with Crippen molar-refractivity contribution in [2.24, 2.45) is 5.92 Å². The largest absolute Gasteiger partial charge is 0.490 e. The number of halogens is 1. The van der Waals surface area contributed by atoms with Crippen LogP contribution < -0.4 is 14.8 Å². The van der Waals surface area contributed by atoms with Crippen molar-refractivity contribution in [1.29, 1.82) is 0 Å². The molecule has 2 heterocycles. The van der Waals surface area contributed by atoms with Gasteiger partial charge in [-0.15, -0.1) is 0 Å². The van der Waals surface area contributed by atoms with Crippen LogP contribution in [-0.2, 0) is 14.8 Å². The average molecular weight is 451 g/mol. The molecule has 2 aromatic carbocycles. The maximum absolute atomic E-state index is 13.1. The van der Waals surface area contributed by atoms with Crippen molar-refractivity contribution in [3.63, 3.8) is 0 Å². The number of rotatable bonds is 4. The Bertz CT molecular complexity index is 1020. The molecule has 0 aliphatic carbocycles. The minimum absolute atomic E-state index is 0.107. The molecule has 0 bridgehead atoms. The van der Waals surface area contributed by atoms with Gasteiger partial charge in [0.15, 0.2) is 11.5 Å². The molecule has 30 heavy (non-hydrogen) atoms. The van der Waals surface area contributed by atoms with Gasteiger partial charge >= 0.3 is 0 Å². The van der Waals surface area contributed by atoms with E-state index >= 15 is 0 Å². The molecule has 1 saturated heterocycles. The first-order valence-electron chi connectivity index (χ1n) is 9.90. The number of anilines is 1. The zero-order valence-electron chi connectivity index (χ0n) is 16.3. The van der Waals surface area contributed by atoms with Gasteiger partial charge in [-0.3, -0.25) is 4.79 Å². The molecule has 2 aliphatic heterocycles. The number of nitrogens with one attached hydrogen (secondary N) is 1. The van der Waals surface area contributed by atoms with Gasteiger partial charge in [-0.25, -0.2) is 8.42 Å². The summed E-state index contributed by atoms with van der Waals surface area (Å²) in [6.07, 6.45) is 1.68. The van der Waals surface area contributed by atoms with Gasteiger partial charge in [0.05, 0.1) is 18.1 Å². The van der Waals surface area contributed by atoms with E-state index in [1.165, 1.54) is 10.4 Å². The molecule has 1 N–H and O–H groups in total. The van der Waals surface area contributed by atoms with Crippen molar-refractivity contribution in [2.45, 2.75) is 24.2 Å². The van der Waals surface area contributed by atoms with Gasteiger partial charge in [0.2, 0.25) is 15.9 Å². The van der Waals surface area contributed by atoms with Crippen molar-refractivity contribution in [2.75, 3.05) is 31.6 Å². The third-order valence-corrected chi connectivity index (χ3v) is 7.44. The van der Waals surface area contributed by atoms with Crippen LogP contribution in [0.4, 0.5) is 5.69 Å². The van der Waals surface area contributed by atoms with Crippen LogP contribution in [0.5, 0.6) is 11.5 Å². The number of hydrogen-bond donors (Lipinski definition) is 1. The summed E-state index contributed by atoms with van der Waals surface area (Å²) in [5, 5.41) is 3.47. The molecular formula is C21H23ClN2O5S. The maximum atomic E-state index is 13.1. The van der Waals surface area contributed by atoms with Crippen LogP contribution in [0.15, 0.2) is 47.4 Å². The first-order chi connectivity index (χ1) is 14.4. The van der Waals surface area contributed by atoms with Crippen LogP contribution in [-0.4, -0.2) is 44.9 Å². The lowest BCUT2D eigenvalue weighted by molar-refractivity contribution is -0.120. The number of hydrogen-bond acceptors (Lipinski definition) is 5. The van der Waals surface area contributed by atoms with E-state index in [0.29, 0.717) is 48.3 Å². The third-order valence-electron chi connectivity index (χ3n) is 5.29. The van der Waals surface area contributed by atoms with Crippen molar-refractivity contribution in [3.05, 3.63) is 47.5 Å². The summed E-state index contributed by atoms with van der Waals surface area (Å²) in [6, 6.07) is 11.6. The standard InChI is InChI=1S/C21H23ClN2O5S/c22-16-2-4-17(5-3-16)23-21(25)15-8-10-24(11-9-15)30(26,27)18-6-7-19-20(14-18)29-13-1-12-28-19/h2-7,14-15H,1,8-13H2,(H,23,25). The van der Waals surface area contributed by atoms with E-state index < -0.39 is 10.0 Å². The zero-order valence-corrected chi connectivity index (χ0v) is 17.9. The molecule has 160 valence electrons. The smallest absolute Gasteiger partial charge is 0.243 e. The molecule has 1 amide bonds. The summed E-state index contributed by atoms with van der Waals surface area (Å²) in [5.74, 6) is 0.663. The van der Waals surface area contributed by atoms with E-state index in [1.54, 1.807) is 36.4 Å². The number of carbonyl (C=O) groups is 1. The SMILES string of the molecule is O=C(Nc1ccc(Cl)cc1)C1CCN(S(=O)(=O)c2ccc3c(c2)OCCCO3)CC1. The Labute approximate surface area is 181 Å². The summed E-state index contributed by atoms with van der Waals surface area (Å²) < 4.78 is 38.8. The van der Waals surface area contributed by atoms with Crippen LogP contribution in [0, 0.1) is 5.92 Å². The summed E-state index contributed by atoms with van der Waals surface area (Å²) in [5.41, 5.74) is 0.673. The van der Waals surface area contributed by atoms with Gasteiger partial charge in [-0.2, -0.15) is 4.31 Å². The number of nitrogens with zero attached hydrogens (tertiary/aromatic N) is 1. The minimum atomic E-state index is -3.67. The quantitative estimate of drug-likeness (QED) is 0.770. The number of amides is 1. The fourth-order valence-electron chi connectivity index (χ4n) is 3.59. The first-order valence-corrected chi connectivity index (χ1v) is 11.7. The van der Waals surface area contributed by atoms with Crippen molar-refractivity contribution in [1.82, 2.24) is 4.31 Å². The molecule has 0 aromatic heterocycles. The average Bonchev–Trinajstić information content (AvgIpc) is 3.00. The van der Waals surface area contributed by atoms with Gasteiger partial charge < -0.3 is 14.8 Å². The highest BCUT2D eigenvalue weighted by atomic mass is 35.5. The van der Waals surface area contributed by atoms with Gasteiger partial charge in [0.25, 0.3) is 0 Å². The molecule has 0 atom stereocenters. The van der Waals surface area contributed by atoms with E-state index in [1.807, 2.05) is 0 Å². The van der Waals surface area contributed by atoms with E-state index in [0.717, 1.165) is 6.42 Å². The van der Waals surface area contributed by atoms with Crippen molar-refractivity contribution < 1.29 is 22.7 Å². The Morgan fingerprint density at radius 1 is 1.00 bits per heavy atom. The predicted molar refractivity (Wildman–Crippen MR) is 114 cm³/mol. The molecule has 0 spiro atoms. The molecular weight excluding hydrogens is 428 g/mol. The first kappa shape index (κ1) is 21.0. The van der Waals surface area contributed by atoms with Crippen LogP contribution in [0.25, 0.3) is 0 Å². The van der Waals surface area contributed by atoms with Crippen LogP contribution in [0.2, 0.25) is 5.02 Å². The molecule has 0 radical (unpaired) electrons. The lowest BCUT2D eigenvalue weighted by atomic mass is 9.97. The highest BCUT2D eigenvalue weighted by molar-refractivity contribution is 7.89. The van der Waals surface area contributed by atoms with Crippen LogP contribution in [0.3, 0.4) is 0 Å². The Kier molecular flexibility index (Phi) is 6.17. The Balaban J connectivity index is 1.40. The second-order valence-electron chi connectivity index (χ2n) is 7.33. The topological polar surface area (TPSA) is 84.9 Å². The highest BCUT2D eigenvalue weighted by Crippen LogP contribution is 2.34. The number of ether oxygens (including phenoxy) is 2. The third kappa shape index (κ3) is 4.55. The second-order valence-corrected chi connectivity index (χ2v) is 9.71. The summed E-state index contributed by atoms with van der Waals surface area (Å²) in [4.78, 5) is 12.7. The van der Waals surface area contributed by atoms with Gasteiger partial charge in [-0.1, -0.05) is 11.6 Å². The lowest BCUT2D eigenvalue weighted by Gasteiger charge is -2.30. The lowest BCUT2D eigenvalue weighted by Crippen LogP contribution is -2.41. The molecule has 4 rings (SSSR count). The number of carbonyl (C=O) groups excluding carboxylic acids is 1. The highest BCUT2D eigenvalue weighted by Gasteiger charge is 2.32. The van der Waals surface area contributed by atoms with E-state index in [4.69, 9.17) is 21.1 Å². The van der Waals surface area contributed by atoms with Gasteiger partial charge in [0.1, 0.15) is 0 Å². The fourth-order valence-corrected chi connectivity index (χ4v) is 5.20. The Hall–Kier alpha value is -2.29. The van der Waals surface area contributed by atoms with Crippen LogP contribution >= 0.6 is 11.6 Å². The molecule has 7 nitrogen and oxygen atoms in total. The number of piperidine rings is 1. The molecule has 0 saturated carbocycles. The number of fused-ring (bicyclic) bond motifs is 1. The van der Waals surface area contributed by atoms with Crippen molar-refractivity contribution in [3.8, 4) is 11.5 Å². The Morgan fingerprint density at radius 2 is 1.67 bits per heavy atom. The summed E-state index contributed by atoms with van der Waals surface area (Å²) in [6.45, 7) is 1.61. The fraction of sp³-hybridized carbons (Fsp3) is 0.381. The number of benzene rings is 2. The normalized spacial score (nSPS) is 17.9. The van der Waals surface area contributed by atoms with Crippen LogP contribution in [0.1, 0.15) is 19.3 Å². The van der Waals surface area contributed by atoms with E-state index in [-0.39, 0.29) is 29.8 Å². The Morgan fingerprint density at radius 3 is 2.37 bits per heavy atom. The molecule has 1 fully saturated rings. The predicted octanol–water partition coefficient (Wildman–Crippen LogP) is 3.54. The maximum Gasteiger partial charge on any atom is 0.243 e. The van der Waals surface area contributed by atoms with Gasteiger partial charge in [0, 0.05) is 42.2 Å². The van der Waals surface area contributed by atoms with Gasteiger partial charge in [-0.05, 0) is 49.2 Å². The molecule has 0 unspecified atom stereocenters. The molecule has 9 heteroatoms. The van der Waals surface area contributed by atoms with E-state index in [2.05, 4.69) is 5.32 Å². The summed E-state index contributed by atoms with van der Waals surface area (Å²) >= 11 is 5.86. The van der Waals surface area contributed by atoms with Crippen molar-refractivity contribution >= 4 is 33.2 Å². The van der Waals surface area contributed by atoms with E-state index in [9.17, 15) is 13.2 Å². The monoisotopic (exact) mass is 450 g/mol. The second kappa shape index (κ2) is 8.83. The number of sulfonamides is 1. The molecule has 2 aromatic rings. The molecule has 2 aliphatic rings. The zero-order chi connectivity index (χ0) is 21.1.